The van der Waals surface area contributed by atoms with Crippen LogP contribution in [-0.2, 0) is 6.42 Å². The zero-order valence-electron chi connectivity index (χ0n) is 10.3. The molecule has 1 N–H and O–H groups in total. The molecular weight excluding hydrogens is 236 g/mol. The number of likely N-dealkylation sites (tertiary alicyclic amines) is 1. The van der Waals surface area contributed by atoms with Gasteiger partial charge in [-0.2, -0.15) is 0 Å². The lowest BCUT2D eigenvalue weighted by molar-refractivity contribution is 0.182. The zero-order valence-corrected chi connectivity index (χ0v) is 11.1. The van der Waals surface area contributed by atoms with E-state index in [4.69, 9.17) is 0 Å². The van der Waals surface area contributed by atoms with Crippen molar-refractivity contribution in [2.75, 3.05) is 18.4 Å². The number of amides is 2. The highest BCUT2D eigenvalue weighted by Crippen LogP contribution is 2.19. The lowest BCUT2D eigenvalue weighted by atomic mass is 10.0. The quantitative estimate of drug-likeness (QED) is 0.881. The van der Waals surface area contributed by atoms with E-state index < -0.39 is 0 Å². The summed E-state index contributed by atoms with van der Waals surface area (Å²) in [5.74, 6) is 0.593. The van der Waals surface area contributed by atoms with E-state index in [-0.39, 0.29) is 6.03 Å². The Bertz CT molecular complexity index is 393. The molecule has 1 aromatic rings. The number of carbonyl (C=O) groups excluding carboxylic acids is 1. The van der Waals surface area contributed by atoms with Gasteiger partial charge < -0.3 is 4.90 Å². The first-order valence-electron chi connectivity index (χ1n) is 6.07. The molecule has 0 radical (unpaired) electrons. The number of carbonyl (C=O) groups is 1. The first-order chi connectivity index (χ1) is 8.19. The Morgan fingerprint density at radius 1 is 1.59 bits per heavy atom. The predicted octanol–water partition coefficient (Wildman–Crippen LogP) is 2.36. The van der Waals surface area contributed by atoms with E-state index in [0.717, 1.165) is 30.9 Å². The first-order valence-corrected chi connectivity index (χ1v) is 6.89. The summed E-state index contributed by atoms with van der Waals surface area (Å²) < 4.78 is 0. The number of anilines is 1. The SMILES string of the molecule is CCc1nnc(NC(=O)N2CCCC(C)C2)s1. The molecule has 1 unspecified atom stereocenters. The third kappa shape index (κ3) is 3.15. The lowest BCUT2D eigenvalue weighted by Gasteiger charge is -2.30. The Labute approximate surface area is 105 Å². The molecular formula is C11H18N4OS. The van der Waals surface area contributed by atoms with Gasteiger partial charge in [0, 0.05) is 13.1 Å². The predicted molar refractivity (Wildman–Crippen MR) is 68.3 cm³/mol. The molecule has 2 rings (SSSR count). The van der Waals surface area contributed by atoms with Gasteiger partial charge in [0.2, 0.25) is 5.13 Å². The maximum absolute atomic E-state index is 12.0. The van der Waals surface area contributed by atoms with Crippen LogP contribution in [0.15, 0.2) is 0 Å². The van der Waals surface area contributed by atoms with Gasteiger partial charge in [0.05, 0.1) is 0 Å². The number of piperidine rings is 1. The molecule has 0 aliphatic carbocycles. The molecule has 6 heteroatoms. The normalized spacial score (nSPS) is 20.4. The summed E-state index contributed by atoms with van der Waals surface area (Å²) in [6.45, 7) is 5.89. The second-order valence-electron chi connectivity index (χ2n) is 4.48. The summed E-state index contributed by atoms with van der Waals surface area (Å²) in [5, 5.41) is 12.3. The second-order valence-corrected chi connectivity index (χ2v) is 5.54. The molecule has 1 saturated heterocycles. The third-order valence-corrected chi connectivity index (χ3v) is 3.91. The van der Waals surface area contributed by atoms with Gasteiger partial charge in [-0.15, -0.1) is 10.2 Å². The van der Waals surface area contributed by atoms with Crippen molar-refractivity contribution in [3.05, 3.63) is 5.01 Å². The average Bonchev–Trinajstić information content (AvgIpc) is 2.77. The van der Waals surface area contributed by atoms with Crippen molar-refractivity contribution in [3.8, 4) is 0 Å². The van der Waals surface area contributed by atoms with Crippen LogP contribution >= 0.6 is 11.3 Å². The molecule has 0 aromatic carbocycles. The molecule has 1 aromatic heterocycles. The summed E-state index contributed by atoms with van der Waals surface area (Å²) in [5.41, 5.74) is 0. The van der Waals surface area contributed by atoms with Gasteiger partial charge in [0.15, 0.2) is 0 Å². The maximum Gasteiger partial charge on any atom is 0.323 e. The molecule has 1 aliphatic heterocycles. The Morgan fingerprint density at radius 3 is 3.06 bits per heavy atom. The van der Waals surface area contributed by atoms with Crippen molar-refractivity contribution >= 4 is 22.5 Å². The summed E-state index contributed by atoms with van der Waals surface area (Å²) in [6, 6.07) is -0.0460. The summed E-state index contributed by atoms with van der Waals surface area (Å²) in [7, 11) is 0. The molecule has 2 amide bonds. The number of hydrogen-bond donors (Lipinski definition) is 1. The fourth-order valence-corrected chi connectivity index (χ4v) is 2.66. The van der Waals surface area contributed by atoms with Gasteiger partial charge in [0.1, 0.15) is 5.01 Å². The second kappa shape index (κ2) is 5.44. The van der Waals surface area contributed by atoms with E-state index in [1.807, 2.05) is 11.8 Å². The molecule has 5 nitrogen and oxygen atoms in total. The van der Waals surface area contributed by atoms with Crippen LogP contribution in [0.3, 0.4) is 0 Å². The minimum absolute atomic E-state index is 0.0460. The van der Waals surface area contributed by atoms with Crippen LogP contribution in [0.4, 0.5) is 9.93 Å². The van der Waals surface area contributed by atoms with Crippen LogP contribution in [0.1, 0.15) is 31.7 Å². The van der Waals surface area contributed by atoms with Crippen molar-refractivity contribution in [3.63, 3.8) is 0 Å². The van der Waals surface area contributed by atoms with Crippen molar-refractivity contribution < 1.29 is 4.79 Å². The highest BCUT2D eigenvalue weighted by molar-refractivity contribution is 7.15. The monoisotopic (exact) mass is 254 g/mol. The van der Waals surface area contributed by atoms with E-state index in [1.165, 1.54) is 17.8 Å². The number of hydrogen-bond acceptors (Lipinski definition) is 4. The average molecular weight is 254 g/mol. The topological polar surface area (TPSA) is 58.1 Å². The smallest absolute Gasteiger partial charge is 0.323 e. The van der Waals surface area contributed by atoms with Gasteiger partial charge >= 0.3 is 6.03 Å². The lowest BCUT2D eigenvalue weighted by Crippen LogP contribution is -2.41. The summed E-state index contributed by atoms with van der Waals surface area (Å²) >= 11 is 1.45. The minimum atomic E-state index is -0.0460. The highest BCUT2D eigenvalue weighted by atomic mass is 32.1. The van der Waals surface area contributed by atoms with Crippen molar-refractivity contribution in [2.24, 2.45) is 5.92 Å². The zero-order chi connectivity index (χ0) is 12.3. The molecule has 0 bridgehead atoms. The maximum atomic E-state index is 12.0. The van der Waals surface area contributed by atoms with Crippen LogP contribution in [-0.4, -0.2) is 34.2 Å². The van der Waals surface area contributed by atoms with Crippen LogP contribution in [0.2, 0.25) is 0 Å². The largest absolute Gasteiger partial charge is 0.324 e. The Balaban J connectivity index is 1.91. The Hall–Kier alpha value is -1.17. The Kier molecular flexibility index (Phi) is 3.93. The van der Waals surface area contributed by atoms with E-state index in [1.54, 1.807) is 0 Å². The van der Waals surface area contributed by atoms with E-state index in [2.05, 4.69) is 22.4 Å². The molecule has 1 fully saturated rings. The van der Waals surface area contributed by atoms with Crippen molar-refractivity contribution in [1.82, 2.24) is 15.1 Å². The Morgan fingerprint density at radius 2 is 2.41 bits per heavy atom. The molecule has 0 spiro atoms. The highest BCUT2D eigenvalue weighted by Gasteiger charge is 2.21. The number of nitrogens with zero attached hydrogens (tertiary/aromatic N) is 3. The number of rotatable bonds is 2. The van der Waals surface area contributed by atoms with Crippen molar-refractivity contribution in [1.29, 1.82) is 0 Å². The number of aryl methyl sites for hydroxylation is 1. The van der Waals surface area contributed by atoms with Gasteiger partial charge in [0.25, 0.3) is 0 Å². The van der Waals surface area contributed by atoms with Gasteiger partial charge in [-0.3, -0.25) is 5.32 Å². The van der Waals surface area contributed by atoms with Crippen LogP contribution in [0, 0.1) is 5.92 Å². The molecule has 1 atom stereocenters. The first kappa shape index (κ1) is 12.3. The number of aromatic nitrogens is 2. The standard InChI is InChI=1S/C11H18N4OS/c1-3-9-13-14-10(17-9)12-11(16)15-6-4-5-8(2)7-15/h8H,3-7H2,1-2H3,(H,12,14,16). The molecule has 2 heterocycles. The summed E-state index contributed by atoms with van der Waals surface area (Å²) in [4.78, 5) is 13.8. The fraction of sp³-hybridized carbons (Fsp3) is 0.727. The minimum Gasteiger partial charge on any atom is -0.324 e. The van der Waals surface area contributed by atoms with Crippen LogP contribution in [0.5, 0.6) is 0 Å². The molecule has 0 saturated carbocycles. The number of urea groups is 1. The van der Waals surface area contributed by atoms with Gasteiger partial charge in [-0.1, -0.05) is 25.2 Å². The van der Waals surface area contributed by atoms with Crippen LogP contribution < -0.4 is 5.32 Å². The number of nitrogens with one attached hydrogen (secondary N) is 1. The molecule has 17 heavy (non-hydrogen) atoms. The van der Waals surface area contributed by atoms with Gasteiger partial charge in [-0.25, -0.2) is 4.79 Å². The third-order valence-electron chi connectivity index (χ3n) is 2.93. The van der Waals surface area contributed by atoms with E-state index in [0.29, 0.717) is 11.0 Å². The van der Waals surface area contributed by atoms with Gasteiger partial charge in [-0.05, 0) is 25.2 Å². The van der Waals surface area contributed by atoms with Crippen LogP contribution in [0.25, 0.3) is 0 Å². The molecule has 94 valence electrons. The van der Waals surface area contributed by atoms with E-state index in [9.17, 15) is 4.79 Å². The summed E-state index contributed by atoms with van der Waals surface area (Å²) in [6.07, 6.45) is 3.15. The fourth-order valence-electron chi connectivity index (χ4n) is 1.99. The van der Waals surface area contributed by atoms with Crippen molar-refractivity contribution in [2.45, 2.75) is 33.1 Å². The molecule has 1 aliphatic rings. The van der Waals surface area contributed by atoms with E-state index >= 15 is 0 Å².